The van der Waals surface area contributed by atoms with Gasteiger partial charge in [-0.1, -0.05) is 29.1 Å². The summed E-state index contributed by atoms with van der Waals surface area (Å²) in [5.74, 6) is 0.928. The highest BCUT2D eigenvalue weighted by Crippen LogP contribution is 2.28. The standard InChI is InChI=1S/C21H27N5O3/c1-2-28-21-10-6-5-9-20(21)25-13-11-24(12-14-25)15-17(27)16-29-26-19-8-4-3-7-18(19)22-23-26/h3-10,17,27H,2,11-16H2,1H3. The molecule has 1 aliphatic rings. The van der Waals surface area contributed by atoms with Gasteiger partial charge in [0.2, 0.25) is 0 Å². The summed E-state index contributed by atoms with van der Waals surface area (Å²) >= 11 is 0. The first-order chi connectivity index (χ1) is 14.2. The molecule has 3 aromatic rings. The summed E-state index contributed by atoms with van der Waals surface area (Å²) in [6.07, 6.45) is -0.597. The molecule has 1 saturated heterocycles. The van der Waals surface area contributed by atoms with E-state index in [4.69, 9.17) is 9.57 Å². The van der Waals surface area contributed by atoms with Crippen LogP contribution in [0.1, 0.15) is 6.92 Å². The van der Waals surface area contributed by atoms with E-state index < -0.39 is 6.10 Å². The van der Waals surface area contributed by atoms with E-state index in [0.717, 1.165) is 48.6 Å². The van der Waals surface area contributed by atoms with Crippen LogP contribution in [0.2, 0.25) is 0 Å². The third-order valence-electron chi connectivity index (χ3n) is 5.06. The molecule has 1 atom stereocenters. The monoisotopic (exact) mass is 397 g/mol. The molecule has 4 rings (SSSR count). The van der Waals surface area contributed by atoms with Gasteiger partial charge in [-0.2, -0.15) is 0 Å². The molecular weight excluding hydrogens is 370 g/mol. The minimum absolute atomic E-state index is 0.167. The Hall–Kier alpha value is -2.84. The van der Waals surface area contributed by atoms with E-state index in [-0.39, 0.29) is 6.61 Å². The number of nitrogens with zero attached hydrogens (tertiary/aromatic N) is 5. The normalized spacial score (nSPS) is 16.1. The van der Waals surface area contributed by atoms with Gasteiger partial charge in [-0.25, -0.2) is 0 Å². The number of aliphatic hydroxyl groups is 1. The number of fused-ring (bicyclic) bond motifs is 1. The van der Waals surface area contributed by atoms with Gasteiger partial charge in [-0.15, -0.1) is 5.10 Å². The van der Waals surface area contributed by atoms with Crippen LogP contribution in [0.25, 0.3) is 11.0 Å². The molecule has 29 heavy (non-hydrogen) atoms. The molecule has 0 radical (unpaired) electrons. The largest absolute Gasteiger partial charge is 0.492 e. The van der Waals surface area contributed by atoms with Gasteiger partial charge in [0.1, 0.15) is 29.5 Å². The lowest BCUT2D eigenvalue weighted by Gasteiger charge is -2.37. The number of aliphatic hydroxyl groups excluding tert-OH is 1. The van der Waals surface area contributed by atoms with E-state index in [1.54, 1.807) is 0 Å². The first-order valence-electron chi connectivity index (χ1n) is 10.1. The Morgan fingerprint density at radius 3 is 2.62 bits per heavy atom. The molecule has 2 aromatic carbocycles. The molecule has 0 spiro atoms. The molecule has 8 heteroatoms. The van der Waals surface area contributed by atoms with Crippen LogP contribution in [0.15, 0.2) is 48.5 Å². The lowest BCUT2D eigenvalue weighted by atomic mass is 10.2. The van der Waals surface area contributed by atoms with Gasteiger partial charge < -0.3 is 19.6 Å². The van der Waals surface area contributed by atoms with Gasteiger partial charge in [0, 0.05) is 32.7 Å². The number of benzene rings is 2. The van der Waals surface area contributed by atoms with Crippen molar-refractivity contribution in [2.24, 2.45) is 0 Å². The molecule has 8 nitrogen and oxygen atoms in total. The Labute approximate surface area is 170 Å². The number of hydrogen-bond donors (Lipinski definition) is 1. The second kappa shape index (κ2) is 9.11. The molecule has 0 aliphatic carbocycles. The number of hydrogen-bond acceptors (Lipinski definition) is 7. The molecule has 1 fully saturated rings. The third-order valence-corrected chi connectivity index (χ3v) is 5.06. The zero-order valence-corrected chi connectivity index (χ0v) is 16.6. The summed E-state index contributed by atoms with van der Waals surface area (Å²) in [5.41, 5.74) is 2.70. The predicted octanol–water partition coefficient (Wildman–Crippen LogP) is 1.44. The van der Waals surface area contributed by atoms with E-state index in [2.05, 4.69) is 26.2 Å². The maximum absolute atomic E-state index is 10.4. The van der Waals surface area contributed by atoms with Crippen molar-refractivity contribution in [3.63, 3.8) is 0 Å². The SMILES string of the molecule is CCOc1ccccc1N1CCN(CC(O)COn2nnc3ccccc32)CC1. The second-order valence-corrected chi connectivity index (χ2v) is 7.09. The fourth-order valence-electron chi connectivity index (χ4n) is 3.62. The van der Waals surface area contributed by atoms with Crippen molar-refractivity contribution in [3.05, 3.63) is 48.5 Å². The maximum atomic E-state index is 10.4. The van der Waals surface area contributed by atoms with Crippen LogP contribution in [0.3, 0.4) is 0 Å². The lowest BCUT2D eigenvalue weighted by Crippen LogP contribution is -2.49. The van der Waals surface area contributed by atoms with Crippen molar-refractivity contribution in [1.82, 2.24) is 20.1 Å². The Kier molecular flexibility index (Phi) is 6.12. The minimum Gasteiger partial charge on any atom is -0.492 e. The van der Waals surface area contributed by atoms with E-state index in [0.29, 0.717) is 13.2 Å². The maximum Gasteiger partial charge on any atom is 0.144 e. The molecule has 0 bridgehead atoms. The topological polar surface area (TPSA) is 75.9 Å². The number of piperazine rings is 1. The van der Waals surface area contributed by atoms with Crippen LogP contribution < -0.4 is 14.5 Å². The van der Waals surface area contributed by atoms with Crippen LogP contribution >= 0.6 is 0 Å². The smallest absolute Gasteiger partial charge is 0.144 e. The summed E-state index contributed by atoms with van der Waals surface area (Å²) < 4.78 is 5.75. The summed E-state index contributed by atoms with van der Waals surface area (Å²) in [6.45, 7) is 6.93. The summed E-state index contributed by atoms with van der Waals surface area (Å²) in [6, 6.07) is 15.7. The average Bonchev–Trinajstić information content (AvgIpc) is 3.17. The van der Waals surface area contributed by atoms with Crippen LogP contribution in [0.4, 0.5) is 5.69 Å². The molecular formula is C21H27N5O3. The van der Waals surface area contributed by atoms with Gasteiger partial charge in [0.15, 0.2) is 0 Å². The van der Waals surface area contributed by atoms with Crippen molar-refractivity contribution in [2.45, 2.75) is 13.0 Å². The number of rotatable bonds is 8. The summed E-state index contributed by atoms with van der Waals surface area (Å²) in [5, 5.41) is 18.4. The Morgan fingerprint density at radius 1 is 1.03 bits per heavy atom. The van der Waals surface area contributed by atoms with Gasteiger partial charge in [-0.3, -0.25) is 4.90 Å². The first kappa shape index (κ1) is 19.5. The van der Waals surface area contributed by atoms with Crippen molar-refractivity contribution in [2.75, 3.05) is 50.8 Å². The zero-order chi connectivity index (χ0) is 20.1. The fraction of sp³-hybridized carbons (Fsp3) is 0.429. The number of anilines is 1. The minimum atomic E-state index is -0.597. The highest BCUT2D eigenvalue weighted by Gasteiger charge is 2.21. The highest BCUT2D eigenvalue weighted by molar-refractivity contribution is 5.73. The first-order valence-corrected chi connectivity index (χ1v) is 10.1. The molecule has 1 aromatic heterocycles. The number of ether oxygens (including phenoxy) is 1. The molecule has 154 valence electrons. The van der Waals surface area contributed by atoms with Crippen LogP contribution in [-0.2, 0) is 0 Å². The van der Waals surface area contributed by atoms with Crippen molar-refractivity contribution in [1.29, 1.82) is 0 Å². The van der Waals surface area contributed by atoms with Gasteiger partial charge in [-0.05, 0) is 36.4 Å². The quantitative estimate of drug-likeness (QED) is 0.616. The Bertz CT molecular complexity index is 923. The Balaban J connectivity index is 1.26. The summed E-state index contributed by atoms with van der Waals surface area (Å²) in [4.78, 5) is 11.6. The van der Waals surface area contributed by atoms with E-state index in [1.807, 2.05) is 49.4 Å². The predicted molar refractivity (Wildman–Crippen MR) is 111 cm³/mol. The van der Waals surface area contributed by atoms with Gasteiger partial charge >= 0.3 is 0 Å². The lowest BCUT2D eigenvalue weighted by molar-refractivity contribution is -0.00128. The fourth-order valence-corrected chi connectivity index (χ4v) is 3.62. The van der Waals surface area contributed by atoms with E-state index in [1.165, 1.54) is 4.85 Å². The molecule has 0 amide bonds. The molecule has 0 saturated carbocycles. The molecule has 1 aliphatic heterocycles. The summed E-state index contributed by atoms with van der Waals surface area (Å²) in [7, 11) is 0. The van der Waals surface area contributed by atoms with E-state index in [9.17, 15) is 5.11 Å². The highest BCUT2D eigenvalue weighted by atomic mass is 16.7. The van der Waals surface area contributed by atoms with Crippen molar-refractivity contribution >= 4 is 16.7 Å². The number of β-amino-alcohol motifs (C(OH)–C–C–N with tert-alkyl or cyclic N) is 1. The average molecular weight is 397 g/mol. The van der Waals surface area contributed by atoms with E-state index >= 15 is 0 Å². The number of aromatic nitrogens is 3. The van der Waals surface area contributed by atoms with Crippen LogP contribution in [0.5, 0.6) is 5.75 Å². The van der Waals surface area contributed by atoms with Gasteiger partial charge in [0.25, 0.3) is 0 Å². The number of para-hydroxylation sites is 3. The van der Waals surface area contributed by atoms with Crippen molar-refractivity contribution in [3.8, 4) is 5.75 Å². The van der Waals surface area contributed by atoms with Crippen LogP contribution in [0, 0.1) is 0 Å². The second-order valence-electron chi connectivity index (χ2n) is 7.09. The van der Waals surface area contributed by atoms with Crippen molar-refractivity contribution < 1.29 is 14.7 Å². The zero-order valence-electron chi connectivity index (χ0n) is 16.6. The Morgan fingerprint density at radius 2 is 1.79 bits per heavy atom. The van der Waals surface area contributed by atoms with Gasteiger partial charge in [0.05, 0.1) is 12.3 Å². The van der Waals surface area contributed by atoms with Crippen LogP contribution in [-0.4, -0.2) is 77.2 Å². The molecule has 1 unspecified atom stereocenters. The third kappa shape index (κ3) is 4.60. The molecule has 1 N–H and O–H groups in total. The molecule has 2 heterocycles.